The van der Waals surface area contributed by atoms with Crippen molar-refractivity contribution >= 4 is 5.97 Å². The number of nitrogens with zero attached hydrogens (tertiary/aromatic N) is 2. The van der Waals surface area contributed by atoms with E-state index in [0.717, 1.165) is 13.1 Å². The smallest absolute Gasteiger partial charge is 0.325 e. The highest BCUT2D eigenvalue weighted by Gasteiger charge is 2.34. The highest BCUT2D eigenvalue weighted by molar-refractivity contribution is 5.80. The largest absolute Gasteiger partial charge is 0.465 e. The summed E-state index contributed by atoms with van der Waals surface area (Å²) >= 11 is 0. The predicted molar refractivity (Wildman–Crippen MR) is 83.7 cm³/mol. The van der Waals surface area contributed by atoms with E-state index in [9.17, 15) is 4.79 Å². The van der Waals surface area contributed by atoms with Crippen LogP contribution >= 0.6 is 0 Å². The normalized spacial score (nSPS) is 17.9. The first kappa shape index (κ1) is 19.4. The lowest BCUT2D eigenvalue weighted by molar-refractivity contribution is -0.149. The number of likely N-dealkylation sites (N-methyl/N-ethyl adjacent to an activating group) is 2. The summed E-state index contributed by atoms with van der Waals surface area (Å²) in [4.78, 5) is 16.4. The molecule has 0 aromatic carbocycles. The summed E-state index contributed by atoms with van der Waals surface area (Å²) in [6, 6.07) is 0.650. The number of hydrogen-bond acceptors (Lipinski definition) is 5. The van der Waals surface area contributed by atoms with Gasteiger partial charge in [-0.3, -0.25) is 9.69 Å². The molecule has 5 nitrogen and oxygen atoms in total. The topological polar surface area (TPSA) is 58.8 Å². The number of carbonyl (C=O) groups excluding carboxylic acids is 1. The van der Waals surface area contributed by atoms with Gasteiger partial charge in [-0.1, -0.05) is 6.92 Å². The lowest BCUT2D eigenvalue weighted by atomic mass is 9.93. The summed E-state index contributed by atoms with van der Waals surface area (Å²) in [7, 11) is 4.14. The van der Waals surface area contributed by atoms with Gasteiger partial charge in [-0.15, -0.1) is 0 Å². The van der Waals surface area contributed by atoms with Crippen molar-refractivity contribution in [1.82, 2.24) is 9.80 Å². The fraction of sp³-hybridized carbons (Fsp3) is 0.933. The fourth-order valence-corrected chi connectivity index (χ4v) is 2.80. The molecule has 0 spiro atoms. The zero-order valence-electron chi connectivity index (χ0n) is 14.3. The van der Waals surface area contributed by atoms with Gasteiger partial charge in [0.2, 0.25) is 0 Å². The van der Waals surface area contributed by atoms with Crippen LogP contribution in [0.3, 0.4) is 0 Å². The Hall–Kier alpha value is -0.650. The van der Waals surface area contributed by atoms with E-state index >= 15 is 0 Å². The van der Waals surface area contributed by atoms with Crippen molar-refractivity contribution in [2.24, 2.45) is 5.73 Å². The Kier molecular flexibility index (Phi) is 8.32. The Morgan fingerprint density at radius 3 is 2.20 bits per heavy atom. The number of ether oxygens (including phenoxy) is 1. The zero-order valence-corrected chi connectivity index (χ0v) is 14.3. The van der Waals surface area contributed by atoms with Crippen LogP contribution in [-0.2, 0) is 9.53 Å². The van der Waals surface area contributed by atoms with Crippen LogP contribution in [0, 0.1) is 0 Å². The molecule has 0 aromatic rings. The number of carbonyl (C=O) groups is 1. The molecule has 0 bridgehead atoms. The van der Waals surface area contributed by atoms with Crippen molar-refractivity contribution in [3.05, 3.63) is 0 Å². The summed E-state index contributed by atoms with van der Waals surface area (Å²) in [5.41, 5.74) is 5.20. The Labute approximate surface area is 124 Å². The van der Waals surface area contributed by atoms with Crippen LogP contribution in [0.4, 0.5) is 0 Å². The second-order valence-electron chi connectivity index (χ2n) is 6.13. The van der Waals surface area contributed by atoms with Gasteiger partial charge in [-0.25, -0.2) is 0 Å². The monoisotopic (exact) mass is 287 g/mol. The molecule has 0 fully saturated rings. The van der Waals surface area contributed by atoms with E-state index in [2.05, 4.69) is 44.7 Å². The fourth-order valence-electron chi connectivity index (χ4n) is 2.80. The third-order valence-corrected chi connectivity index (χ3v) is 3.59. The van der Waals surface area contributed by atoms with Crippen LogP contribution in [0.1, 0.15) is 41.0 Å². The highest BCUT2D eigenvalue weighted by Crippen LogP contribution is 2.18. The summed E-state index contributed by atoms with van der Waals surface area (Å²) in [5, 5.41) is 0. The van der Waals surface area contributed by atoms with Gasteiger partial charge in [0.05, 0.1) is 6.61 Å². The lowest BCUT2D eigenvalue weighted by Crippen LogP contribution is -2.53. The highest BCUT2D eigenvalue weighted by atomic mass is 16.5. The van der Waals surface area contributed by atoms with E-state index < -0.39 is 5.54 Å². The minimum absolute atomic E-state index is 0.231. The van der Waals surface area contributed by atoms with Crippen molar-refractivity contribution in [2.75, 3.05) is 33.8 Å². The van der Waals surface area contributed by atoms with Gasteiger partial charge >= 0.3 is 5.97 Å². The summed E-state index contributed by atoms with van der Waals surface area (Å²) in [6.45, 7) is 12.3. The molecule has 2 N–H and O–H groups in total. The van der Waals surface area contributed by atoms with Crippen molar-refractivity contribution in [1.29, 1.82) is 0 Å². The van der Waals surface area contributed by atoms with Crippen LogP contribution in [0.2, 0.25) is 0 Å². The molecule has 0 rings (SSSR count). The molecule has 0 saturated heterocycles. The SMILES string of the molecule is CCOC(=O)C(C)(N)CC(C)N(CC)C(C)CN(C)C. The van der Waals surface area contributed by atoms with Crippen LogP contribution < -0.4 is 5.73 Å². The maximum atomic E-state index is 11.9. The van der Waals surface area contributed by atoms with Gasteiger partial charge in [-0.05, 0) is 54.8 Å². The molecular weight excluding hydrogens is 254 g/mol. The second-order valence-corrected chi connectivity index (χ2v) is 6.13. The molecule has 120 valence electrons. The standard InChI is InChI=1S/C15H33N3O2/c1-8-18(13(4)11-17(6)7)12(3)10-15(5,16)14(19)20-9-2/h12-13H,8-11,16H2,1-7H3. The van der Waals surface area contributed by atoms with Gasteiger partial charge in [0.1, 0.15) is 5.54 Å². The van der Waals surface area contributed by atoms with Crippen LogP contribution in [0.25, 0.3) is 0 Å². The molecule has 3 atom stereocenters. The van der Waals surface area contributed by atoms with E-state index in [0.29, 0.717) is 19.1 Å². The number of rotatable bonds is 9. The molecule has 5 heteroatoms. The van der Waals surface area contributed by atoms with Gasteiger partial charge in [0.25, 0.3) is 0 Å². The third-order valence-electron chi connectivity index (χ3n) is 3.59. The van der Waals surface area contributed by atoms with E-state index in [1.165, 1.54) is 0 Å². The van der Waals surface area contributed by atoms with Crippen molar-refractivity contribution < 1.29 is 9.53 Å². The molecular formula is C15H33N3O2. The average molecular weight is 287 g/mol. The molecule has 0 aliphatic carbocycles. The maximum Gasteiger partial charge on any atom is 0.325 e. The van der Waals surface area contributed by atoms with Crippen molar-refractivity contribution in [3.8, 4) is 0 Å². The second kappa shape index (κ2) is 8.60. The van der Waals surface area contributed by atoms with E-state index in [-0.39, 0.29) is 12.0 Å². The van der Waals surface area contributed by atoms with Gasteiger partial charge < -0.3 is 15.4 Å². The first-order valence-electron chi connectivity index (χ1n) is 7.52. The number of hydrogen-bond donors (Lipinski definition) is 1. The van der Waals surface area contributed by atoms with Crippen LogP contribution in [-0.4, -0.2) is 67.2 Å². The molecule has 20 heavy (non-hydrogen) atoms. The van der Waals surface area contributed by atoms with Crippen molar-refractivity contribution in [2.45, 2.75) is 58.7 Å². The Balaban J connectivity index is 4.69. The molecule has 0 amide bonds. The molecule has 0 aliphatic heterocycles. The van der Waals surface area contributed by atoms with Gasteiger partial charge in [0.15, 0.2) is 0 Å². The average Bonchev–Trinajstić information content (AvgIpc) is 2.28. The number of esters is 1. The van der Waals surface area contributed by atoms with Crippen molar-refractivity contribution in [3.63, 3.8) is 0 Å². The molecule has 0 aromatic heterocycles. The molecule has 0 radical (unpaired) electrons. The van der Waals surface area contributed by atoms with E-state index in [1.54, 1.807) is 13.8 Å². The maximum absolute atomic E-state index is 11.9. The minimum atomic E-state index is -0.930. The Bertz CT molecular complexity index is 293. The number of nitrogens with two attached hydrogens (primary N) is 1. The van der Waals surface area contributed by atoms with E-state index in [4.69, 9.17) is 10.5 Å². The third kappa shape index (κ3) is 6.20. The molecule has 0 heterocycles. The predicted octanol–water partition coefficient (Wildman–Crippen LogP) is 1.32. The Morgan fingerprint density at radius 2 is 1.80 bits per heavy atom. The minimum Gasteiger partial charge on any atom is -0.465 e. The first-order chi connectivity index (χ1) is 9.15. The lowest BCUT2D eigenvalue weighted by Gasteiger charge is -2.38. The zero-order chi connectivity index (χ0) is 15.9. The summed E-state index contributed by atoms with van der Waals surface area (Å²) in [5.74, 6) is -0.317. The Morgan fingerprint density at radius 1 is 1.25 bits per heavy atom. The van der Waals surface area contributed by atoms with Crippen LogP contribution in [0.15, 0.2) is 0 Å². The van der Waals surface area contributed by atoms with Gasteiger partial charge in [-0.2, -0.15) is 0 Å². The first-order valence-corrected chi connectivity index (χ1v) is 7.52. The van der Waals surface area contributed by atoms with Crippen LogP contribution in [0.5, 0.6) is 0 Å². The van der Waals surface area contributed by atoms with Gasteiger partial charge in [0, 0.05) is 18.6 Å². The molecule has 3 unspecified atom stereocenters. The quantitative estimate of drug-likeness (QED) is 0.648. The summed E-state index contributed by atoms with van der Waals surface area (Å²) < 4.78 is 5.06. The summed E-state index contributed by atoms with van der Waals surface area (Å²) in [6.07, 6.45) is 0.595. The van der Waals surface area contributed by atoms with E-state index in [1.807, 2.05) is 0 Å². The molecule has 0 aliphatic rings. The molecule has 0 saturated carbocycles.